The maximum Gasteiger partial charge on any atom is 0.0107 e. The maximum atomic E-state index is 2.55. The number of hydrogen-bond acceptors (Lipinski definition) is 1. The molecule has 1 aliphatic heterocycles. The van der Waals surface area contributed by atoms with Gasteiger partial charge in [0, 0.05) is 6.04 Å². The fraction of sp³-hybridized carbons (Fsp3) is 0.500. The molecule has 0 spiro atoms. The molecule has 1 aromatic rings. The van der Waals surface area contributed by atoms with Crippen LogP contribution in [0.15, 0.2) is 30.3 Å². The van der Waals surface area contributed by atoms with Crippen LogP contribution in [-0.4, -0.2) is 24.0 Å². The molecule has 1 nitrogen and oxygen atoms in total. The van der Waals surface area contributed by atoms with Crippen molar-refractivity contribution >= 4 is 0 Å². The average Bonchev–Trinajstić information content (AvgIpc) is 2.02. The predicted octanol–water partition coefficient (Wildman–Crippen LogP) is 2.32. The van der Waals surface area contributed by atoms with Crippen LogP contribution in [0.4, 0.5) is 0 Å². The van der Waals surface area contributed by atoms with E-state index in [-0.39, 0.29) is 0 Å². The van der Waals surface area contributed by atoms with Crippen molar-refractivity contribution in [2.75, 3.05) is 13.1 Å². The molecule has 13 heavy (non-hydrogen) atoms. The van der Waals surface area contributed by atoms with Crippen LogP contribution >= 0.6 is 0 Å². The van der Waals surface area contributed by atoms with Gasteiger partial charge in [-0.25, -0.2) is 0 Å². The summed E-state index contributed by atoms with van der Waals surface area (Å²) in [7, 11) is 0. The van der Waals surface area contributed by atoms with Gasteiger partial charge in [0.1, 0.15) is 0 Å². The van der Waals surface area contributed by atoms with E-state index in [1.54, 1.807) is 0 Å². The van der Waals surface area contributed by atoms with Gasteiger partial charge >= 0.3 is 0 Å². The second-order valence-electron chi connectivity index (χ2n) is 3.93. The molecule has 1 heterocycles. The zero-order valence-electron chi connectivity index (χ0n) is 8.24. The van der Waals surface area contributed by atoms with Crippen molar-refractivity contribution in [2.45, 2.75) is 25.8 Å². The van der Waals surface area contributed by atoms with E-state index in [0.717, 1.165) is 6.04 Å². The molecule has 1 atom stereocenters. The molecule has 0 radical (unpaired) electrons. The average molecular weight is 175 g/mol. The summed E-state index contributed by atoms with van der Waals surface area (Å²) in [4.78, 5) is 2.55. The van der Waals surface area contributed by atoms with E-state index in [1.165, 1.54) is 31.5 Å². The lowest BCUT2D eigenvalue weighted by Gasteiger charge is -2.36. The number of hydrogen-bond donors (Lipinski definition) is 0. The van der Waals surface area contributed by atoms with Crippen LogP contribution in [0.5, 0.6) is 0 Å². The first-order valence-electron chi connectivity index (χ1n) is 5.14. The smallest absolute Gasteiger partial charge is 0.0107 e. The lowest BCUT2D eigenvalue weighted by atomic mass is 10.0. The van der Waals surface area contributed by atoms with Crippen LogP contribution < -0.4 is 0 Å². The van der Waals surface area contributed by atoms with Crippen LogP contribution in [0.3, 0.4) is 0 Å². The van der Waals surface area contributed by atoms with E-state index in [9.17, 15) is 0 Å². The van der Waals surface area contributed by atoms with Crippen molar-refractivity contribution in [3.05, 3.63) is 35.9 Å². The molecular weight excluding hydrogens is 158 g/mol. The van der Waals surface area contributed by atoms with E-state index in [4.69, 9.17) is 0 Å². The Bertz CT molecular complexity index is 251. The highest BCUT2D eigenvalue weighted by atomic mass is 15.2. The third kappa shape index (κ3) is 2.10. The first-order chi connectivity index (χ1) is 6.36. The van der Waals surface area contributed by atoms with Crippen molar-refractivity contribution < 1.29 is 0 Å². The number of rotatable bonds is 3. The summed E-state index contributed by atoms with van der Waals surface area (Å²) in [6, 6.07) is 11.5. The Morgan fingerprint density at radius 3 is 2.46 bits per heavy atom. The number of nitrogens with zero attached hydrogens (tertiary/aromatic N) is 1. The SMILES string of the molecule is CC(Cc1ccccc1)N1CCC1. The fourth-order valence-corrected chi connectivity index (χ4v) is 1.87. The standard InChI is InChI=1S/C12H17N/c1-11(13-8-5-9-13)10-12-6-3-2-4-7-12/h2-4,6-7,11H,5,8-10H2,1H3. The van der Waals surface area contributed by atoms with Gasteiger partial charge in [0.25, 0.3) is 0 Å². The van der Waals surface area contributed by atoms with Gasteiger partial charge in [0.2, 0.25) is 0 Å². The van der Waals surface area contributed by atoms with Gasteiger partial charge in [0.05, 0.1) is 0 Å². The molecule has 1 saturated heterocycles. The zero-order valence-corrected chi connectivity index (χ0v) is 8.24. The normalized spacial score (nSPS) is 19.5. The quantitative estimate of drug-likeness (QED) is 0.681. The lowest BCUT2D eigenvalue weighted by Crippen LogP contribution is -2.44. The minimum atomic E-state index is 0.719. The van der Waals surface area contributed by atoms with E-state index >= 15 is 0 Å². The Morgan fingerprint density at radius 1 is 1.23 bits per heavy atom. The highest BCUT2D eigenvalue weighted by Crippen LogP contribution is 2.14. The summed E-state index contributed by atoms with van der Waals surface area (Å²) in [6.45, 7) is 4.92. The second kappa shape index (κ2) is 3.93. The second-order valence-corrected chi connectivity index (χ2v) is 3.93. The first-order valence-corrected chi connectivity index (χ1v) is 5.14. The Hall–Kier alpha value is -0.820. The van der Waals surface area contributed by atoms with Gasteiger partial charge < -0.3 is 4.90 Å². The molecule has 0 amide bonds. The molecular formula is C12H17N. The van der Waals surface area contributed by atoms with Gasteiger partial charge in [0.15, 0.2) is 0 Å². The maximum absolute atomic E-state index is 2.55. The Morgan fingerprint density at radius 2 is 1.92 bits per heavy atom. The van der Waals surface area contributed by atoms with Crippen molar-refractivity contribution in [2.24, 2.45) is 0 Å². The molecule has 1 aromatic carbocycles. The van der Waals surface area contributed by atoms with Crippen molar-refractivity contribution in [3.8, 4) is 0 Å². The molecule has 1 fully saturated rings. The minimum Gasteiger partial charge on any atom is -0.300 e. The summed E-state index contributed by atoms with van der Waals surface area (Å²) in [6.07, 6.45) is 2.58. The largest absolute Gasteiger partial charge is 0.300 e. The van der Waals surface area contributed by atoms with E-state index < -0.39 is 0 Å². The first kappa shape index (κ1) is 8.76. The van der Waals surface area contributed by atoms with Crippen LogP contribution in [0.1, 0.15) is 18.9 Å². The summed E-state index contributed by atoms with van der Waals surface area (Å²) in [5, 5.41) is 0. The molecule has 1 unspecified atom stereocenters. The van der Waals surface area contributed by atoms with Gasteiger partial charge in [-0.15, -0.1) is 0 Å². The molecule has 0 N–H and O–H groups in total. The Balaban J connectivity index is 1.90. The van der Waals surface area contributed by atoms with Crippen LogP contribution in [-0.2, 0) is 6.42 Å². The van der Waals surface area contributed by atoms with Crippen LogP contribution in [0, 0.1) is 0 Å². The van der Waals surface area contributed by atoms with Crippen LogP contribution in [0.2, 0.25) is 0 Å². The van der Waals surface area contributed by atoms with Crippen molar-refractivity contribution in [1.29, 1.82) is 0 Å². The number of benzene rings is 1. The van der Waals surface area contributed by atoms with E-state index in [1.807, 2.05) is 0 Å². The van der Waals surface area contributed by atoms with Crippen molar-refractivity contribution in [1.82, 2.24) is 4.90 Å². The van der Waals surface area contributed by atoms with E-state index in [0.29, 0.717) is 0 Å². The summed E-state index contributed by atoms with van der Waals surface area (Å²) >= 11 is 0. The Labute approximate surface area is 80.4 Å². The molecule has 1 aliphatic rings. The summed E-state index contributed by atoms with van der Waals surface area (Å²) in [5.41, 5.74) is 1.46. The van der Waals surface area contributed by atoms with Gasteiger partial charge in [-0.05, 0) is 38.4 Å². The van der Waals surface area contributed by atoms with Crippen LogP contribution in [0.25, 0.3) is 0 Å². The Kier molecular flexibility index (Phi) is 2.65. The van der Waals surface area contributed by atoms with Gasteiger partial charge in [-0.1, -0.05) is 30.3 Å². The monoisotopic (exact) mass is 175 g/mol. The fourth-order valence-electron chi connectivity index (χ4n) is 1.87. The number of likely N-dealkylation sites (tertiary alicyclic amines) is 1. The molecule has 0 aliphatic carbocycles. The van der Waals surface area contributed by atoms with Gasteiger partial charge in [-0.3, -0.25) is 0 Å². The molecule has 0 aromatic heterocycles. The third-order valence-corrected chi connectivity index (χ3v) is 2.89. The highest BCUT2D eigenvalue weighted by Gasteiger charge is 2.19. The van der Waals surface area contributed by atoms with E-state index in [2.05, 4.69) is 42.2 Å². The zero-order chi connectivity index (χ0) is 9.10. The molecule has 2 rings (SSSR count). The highest BCUT2D eigenvalue weighted by molar-refractivity contribution is 5.15. The molecule has 70 valence electrons. The van der Waals surface area contributed by atoms with Gasteiger partial charge in [-0.2, -0.15) is 0 Å². The summed E-state index contributed by atoms with van der Waals surface area (Å²) in [5.74, 6) is 0. The minimum absolute atomic E-state index is 0.719. The molecule has 0 bridgehead atoms. The lowest BCUT2D eigenvalue weighted by molar-refractivity contribution is 0.128. The topological polar surface area (TPSA) is 3.24 Å². The third-order valence-electron chi connectivity index (χ3n) is 2.89. The molecule has 1 heteroatoms. The molecule has 0 saturated carbocycles. The predicted molar refractivity (Wildman–Crippen MR) is 55.8 cm³/mol. The summed E-state index contributed by atoms with van der Waals surface area (Å²) < 4.78 is 0. The van der Waals surface area contributed by atoms with Crippen molar-refractivity contribution in [3.63, 3.8) is 0 Å².